The van der Waals surface area contributed by atoms with Gasteiger partial charge in [-0.15, -0.1) is 0 Å². The second-order valence-corrected chi connectivity index (χ2v) is 6.22. The van der Waals surface area contributed by atoms with Crippen molar-refractivity contribution in [1.82, 2.24) is 0 Å². The average Bonchev–Trinajstić information content (AvgIpc) is 2.32. The van der Waals surface area contributed by atoms with Gasteiger partial charge in [-0.05, 0) is 36.6 Å². The number of benzene rings is 1. The lowest BCUT2D eigenvalue weighted by Gasteiger charge is -2.30. The molecule has 0 radical (unpaired) electrons. The molecule has 0 bridgehead atoms. The van der Waals surface area contributed by atoms with E-state index in [4.69, 9.17) is 9.88 Å². The number of nitrogens with one attached hydrogen (secondary N) is 1. The molecular formula is C12H18N2O3S. The molecule has 5 nitrogen and oxygen atoms in total. The summed E-state index contributed by atoms with van der Waals surface area (Å²) >= 11 is 0. The van der Waals surface area contributed by atoms with Crippen molar-refractivity contribution in [3.63, 3.8) is 0 Å². The third-order valence-electron chi connectivity index (χ3n) is 3.18. The maximum absolute atomic E-state index is 11.1. The zero-order valence-corrected chi connectivity index (χ0v) is 11.1. The van der Waals surface area contributed by atoms with E-state index in [0.717, 1.165) is 25.3 Å². The number of hydrogen-bond acceptors (Lipinski definition) is 4. The second-order valence-electron chi connectivity index (χ2n) is 4.66. The Morgan fingerprint density at radius 2 is 2.00 bits per heavy atom. The molecule has 1 saturated heterocycles. The van der Waals surface area contributed by atoms with Crippen LogP contribution in [0.3, 0.4) is 0 Å². The molecular weight excluding hydrogens is 252 g/mol. The highest BCUT2D eigenvalue weighted by Gasteiger charge is 2.21. The number of anilines is 1. The molecule has 100 valence electrons. The van der Waals surface area contributed by atoms with E-state index >= 15 is 0 Å². The molecule has 3 N–H and O–H groups in total. The van der Waals surface area contributed by atoms with Gasteiger partial charge in [-0.2, -0.15) is 0 Å². The van der Waals surface area contributed by atoms with E-state index < -0.39 is 10.0 Å². The molecule has 18 heavy (non-hydrogen) atoms. The molecule has 1 aliphatic rings. The third kappa shape index (κ3) is 3.22. The third-order valence-corrected chi connectivity index (χ3v) is 4.10. The first-order chi connectivity index (χ1) is 8.47. The SMILES string of the molecule is CC1COCCC1Nc1ccc(S(N)(=O)=O)cc1. The van der Waals surface area contributed by atoms with Crippen LogP contribution >= 0.6 is 0 Å². The number of nitrogens with two attached hydrogens (primary N) is 1. The molecule has 1 fully saturated rings. The van der Waals surface area contributed by atoms with Gasteiger partial charge in [0.05, 0.1) is 11.5 Å². The Morgan fingerprint density at radius 1 is 1.33 bits per heavy atom. The topological polar surface area (TPSA) is 81.4 Å². The molecule has 0 saturated carbocycles. The number of rotatable bonds is 3. The maximum atomic E-state index is 11.1. The Hall–Kier alpha value is -1.11. The van der Waals surface area contributed by atoms with Gasteiger partial charge in [0.1, 0.15) is 0 Å². The van der Waals surface area contributed by atoms with Crippen LogP contribution in [0.1, 0.15) is 13.3 Å². The van der Waals surface area contributed by atoms with Crippen LogP contribution in [0, 0.1) is 5.92 Å². The van der Waals surface area contributed by atoms with E-state index in [9.17, 15) is 8.42 Å². The number of ether oxygens (including phenoxy) is 1. The van der Waals surface area contributed by atoms with Crippen molar-refractivity contribution < 1.29 is 13.2 Å². The molecule has 1 aliphatic heterocycles. The fourth-order valence-electron chi connectivity index (χ4n) is 2.05. The van der Waals surface area contributed by atoms with E-state index in [1.54, 1.807) is 12.1 Å². The van der Waals surface area contributed by atoms with E-state index in [2.05, 4.69) is 12.2 Å². The lowest BCUT2D eigenvalue weighted by Crippen LogP contribution is -2.35. The lowest BCUT2D eigenvalue weighted by atomic mass is 9.97. The van der Waals surface area contributed by atoms with E-state index in [0.29, 0.717) is 12.0 Å². The van der Waals surface area contributed by atoms with Crippen molar-refractivity contribution in [2.75, 3.05) is 18.5 Å². The van der Waals surface area contributed by atoms with Gasteiger partial charge >= 0.3 is 0 Å². The Labute approximate surface area is 107 Å². The summed E-state index contributed by atoms with van der Waals surface area (Å²) in [5, 5.41) is 8.44. The minimum atomic E-state index is -3.61. The van der Waals surface area contributed by atoms with Gasteiger partial charge in [-0.25, -0.2) is 13.6 Å². The van der Waals surface area contributed by atoms with Gasteiger partial charge in [0.15, 0.2) is 0 Å². The Bertz CT molecular complexity index is 499. The Balaban J connectivity index is 2.06. The van der Waals surface area contributed by atoms with Crippen molar-refractivity contribution in [2.45, 2.75) is 24.3 Å². The molecule has 0 spiro atoms. The molecule has 0 aliphatic carbocycles. The van der Waals surface area contributed by atoms with Crippen molar-refractivity contribution in [2.24, 2.45) is 11.1 Å². The van der Waals surface area contributed by atoms with Gasteiger partial charge in [-0.3, -0.25) is 0 Å². The van der Waals surface area contributed by atoms with Crippen molar-refractivity contribution >= 4 is 15.7 Å². The zero-order chi connectivity index (χ0) is 13.2. The summed E-state index contributed by atoms with van der Waals surface area (Å²) in [6, 6.07) is 6.87. The highest BCUT2D eigenvalue weighted by molar-refractivity contribution is 7.89. The summed E-state index contributed by atoms with van der Waals surface area (Å²) in [6.07, 6.45) is 0.956. The molecule has 2 unspecified atom stereocenters. The highest BCUT2D eigenvalue weighted by Crippen LogP contribution is 2.20. The largest absolute Gasteiger partial charge is 0.382 e. The van der Waals surface area contributed by atoms with E-state index in [-0.39, 0.29) is 4.90 Å². The van der Waals surface area contributed by atoms with Crippen molar-refractivity contribution in [1.29, 1.82) is 0 Å². The zero-order valence-electron chi connectivity index (χ0n) is 10.3. The highest BCUT2D eigenvalue weighted by atomic mass is 32.2. The summed E-state index contributed by atoms with van der Waals surface area (Å²) in [4.78, 5) is 0.132. The maximum Gasteiger partial charge on any atom is 0.238 e. The molecule has 6 heteroatoms. The van der Waals surface area contributed by atoms with E-state index in [1.165, 1.54) is 12.1 Å². The summed E-state index contributed by atoms with van der Waals surface area (Å²) in [7, 11) is -3.61. The number of sulfonamides is 1. The van der Waals surface area contributed by atoms with Crippen LogP contribution in [-0.2, 0) is 14.8 Å². The normalized spacial score (nSPS) is 24.8. The van der Waals surface area contributed by atoms with Crippen LogP contribution in [0.2, 0.25) is 0 Å². The lowest BCUT2D eigenvalue weighted by molar-refractivity contribution is 0.0538. The predicted octanol–water partition coefficient (Wildman–Crippen LogP) is 1.17. The fraction of sp³-hybridized carbons (Fsp3) is 0.500. The Kier molecular flexibility index (Phi) is 3.89. The Morgan fingerprint density at radius 3 is 2.56 bits per heavy atom. The first kappa shape index (κ1) is 13.3. The van der Waals surface area contributed by atoms with Crippen LogP contribution in [0.4, 0.5) is 5.69 Å². The summed E-state index contributed by atoms with van der Waals surface area (Å²) in [5.41, 5.74) is 0.904. The summed E-state index contributed by atoms with van der Waals surface area (Å²) < 4.78 is 27.6. The second kappa shape index (κ2) is 5.26. The number of hydrogen-bond donors (Lipinski definition) is 2. The molecule has 0 aromatic heterocycles. The van der Waals surface area contributed by atoms with Gasteiger partial charge < -0.3 is 10.1 Å². The monoisotopic (exact) mass is 270 g/mol. The summed E-state index contributed by atoms with van der Waals surface area (Å²) in [6.45, 7) is 3.65. The molecule has 1 aromatic rings. The quantitative estimate of drug-likeness (QED) is 0.864. The smallest absolute Gasteiger partial charge is 0.238 e. The molecule has 2 atom stereocenters. The number of primary sulfonamides is 1. The van der Waals surface area contributed by atoms with Crippen LogP contribution in [0.5, 0.6) is 0 Å². The van der Waals surface area contributed by atoms with Gasteiger partial charge in [-0.1, -0.05) is 6.92 Å². The minimum absolute atomic E-state index is 0.132. The van der Waals surface area contributed by atoms with Crippen LogP contribution in [0.25, 0.3) is 0 Å². The van der Waals surface area contributed by atoms with Crippen molar-refractivity contribution in [3.8, 4) is 0 Å². The van der Waals surface area contributed by atoms with Crippen LogP contribution < -0.4 is 10.5 Å². The van der Waals surface area contributed by atoms with Gasteiger partial charge in [0.2, 0.25) is 10.0 Å². The van der Waals surface area contributed by atoms with E-state index in [1.807, 2.05) is 0 Å². The first-order valence-corrected chi connectivity index (χ1v) is 7.48. The predicted molar refractivity (Wildman–Crippen MR) is 69.8 cm³/mol. The average molecular weight is 270 g/mol. The van der Waals surface area contributed by atoms with Crippen molar-refractivity contribution in [3.05, 3.63) is 24.3 Å². The molecule has 1 heterocycles. The molecule has 0 amide bonds. The van der Waals surface area contributed by atoms with Crippen LogP contribution in [-0.4, -0.2) is 27.7 Å². The summed E-state index contributed by atoms with van der Waals surface area (Å²) in [5.74, 6) is 0.441. The standard InChI is InChI=1S/C12H18N2O3S/c1-9-8-17-7-6-12(9)14-10-2-4-11(5-3-10)18(13,15)16/h2-5,9,12,14H,6-8H2,1H3,(H2,13,15,16). The minimum Gasteiger partial charge on any atom is -0.382 e. The molecule has 2 rings (SSSR count). The van der Waals surface area contributed by atoms with Gasteiger partial charge in [0, 0.05) is 18.3 Å². The van der Waals surface area contributed by atoms with Gasteiger partial charge in [0.25, 0.3) is 0 Å². The fourth-order valence-corrected chi connectivity index (χ4v) is 2.56. The van der Waals surface area contributed by atoms with Crippen LogP contribution in [0.15, 0.2) is 29.2 Å². The molecule has 1 aromatic carbocycles. The first-order valence-electron chi connectivity index (χ1n) is 5.94.